The Morgan fingerprint density at radius 3 is 2.67 bits per heavy atom. The van der Waals surface area contributed by atoms with Crippen molar-refractivity contribution < 1.29 is 15.0 Å². The average molecular weight is 229 g/mol. The van der Waals surface area contributed by atoms with Crippen LogP contribution < -0.4 is 0 Å². The fourth-order valence-corrected chi connectivity index (χ4v) is 1.47. The van der Waals surface area contributed by atoms with E-state index in [1.54, 1.807) is 12.1 Å². The maximum atomic E-state index is 10.7. The van der Waals surface area contributed by atoms with E-state index in [-0.39, 0.29) is 6.42 Å². The molecular weight excluding hydrogens is 216 g/mol. The zero-order valence-corrected chi connectivity index (χ0v) is 9.38. The highest BCUT2D eigenvalue weighted by molar-refractivity contribution is 6.31. The fraction of sp³-hybridized carbons (Fsp3) is 0.364. The summed E-state index contributed by atoms with van der Waals surface area (Å²) in [4.78, 5) is 10.7. The number of carboxylic acids is 1. The molecule has 1 unspecified atom stereocenters. The van der Waals surface area contributed by atoms with Gasteiger partial charge in [-0.05, 0) is 25.5 Å². The number of rotatable bonds is 3. The number of halogens is 1. The first-order chi connectivity index (χ1) is 6.83. The minimum Gasteiger partial charge on any atom is -0.479 e. The van der Waals surface area contributed by atoms with E-state index in [0.29, 0.717) is 10.6 Å². The molecule has 15 heavy (non-hydrogen) atoms. The van der Waals surface area contributed by atoms with Crippen molar-refractivity contribution in [1.82, 2.24) is 0 Å². The van der Waals surface area contributed by atoms with Crippen LogP contribution in [0.4, 0.5) is 0 Å². The lowest BCUT2D eigenvalue weighted by atomic mass is 9.96. The molecule has 0 heterocycles. The van der Waals surface area contributed by atoms with Crippen LogP contribution in [-0.2, 0) is 11.2 Å². The van der Waals surface area contributed by atoms with E-state index in [1.807, 2.05) is 13.0 Å². The number of aliphatic hydroxyl groups is 1. The first kappa shape index (κ1) is 12.0. The molecule has 1 atom stereocenters. The number of carboxylic acid groups (broad SMARTS) is 1. The van der Waals surface area contributed by atoms with Crippen molar-refractivity contribution in [2.24, 2.45) is 0 Å². The minimum atomic E-state index is -1.78. The summed E-state index contributed by atoms with van der Waals surface area (Å²) < 4.78 is 0. The molecular formula is C11H13ClO3. The lowest BCUT2D eigenvalue weighted by Crippen LogP contribution is -2.37. The van der Waals surface area contributed by atoms with Crippen LogP contribution >= 0.6 is 11.6 Å². The van der Waals surface area contributed by atoms with Gasteiger partial charge in [-0.15, -0.1) is 0 Å². The van der Waals surface area contributed by atoms with E-state index >= 15 is 0 Å². The second kappa shape index (κ2) is 4.21. The summed E-state index contributed by atoms with van der Waals surface area (Å²) in [6, 6.07) is 5.31. The molecule has 82 valence electrons. The number of carbonyl (C=O) groups is 1. The highest BCUT2D eigenvalue weighted by atomic mass is 35.5. The molecule has 0 saturated carbocycles. The van der Waals surface area contributed by atoms with Gasteiger partial charge in [-0.25, -0.2) is 4.79 Å². The van der Waals surface area contributed by atoms with Crippen LogP contribution in [0.25, 0.3) is 0 Å². The standard InChI is InChI=1S/C11H13ClO3/c1-7-3-4-9(12)8(5-7)6-11(2,15)10(13)14/h3-5,15H,6H2,1-2H3,(H,13,14). The summed E-state index contributed by atoms with van der Waals surface area (Å²) in [5, 5.41) is 18.8. The number of benzene rings is 1. The van der Waals surface area contributed by atoms with E-state index in [9.17, 15) is 9.90 Å². The molecule has 0 radical (unpaired) electrons. The lowest BCUT2D eigenvalue weighted by molar-refractivity contribution is -0.156. The van der Waals surface area contributed by atoms with Crippen LogP contribution in [-0.4, -0.2) is 21.8 Å². The maximum Gasteiger partial charge on any atom is 0.335 e. The Hall–Kier alpha value is -1.06. The number of aryl methyl sites for hydroxylation is 1. The summed E-state index contributed by atoms with van der Waals surface area (Å²) in [6.07, 6.45) is 0.00282. The Kier molecular flexibility index (Phi) is 3.37. The zero-order chi connectivity index (χ0) is 11.6. The van der Waals surface area contributed by atoms with E-state index < -0.39 is 11.6 Å². The number of hydrogen-bond donors (Lipinski definition) is 2. The van der Waals surface area contributed by atoms with E-state index in [2.05, 4.69) is 0 Å². The minimum absolute atomic E-state index is 0.00282. The second-order valence-electron chi connectivity index (χ2n) is 3.85. The lowest BCUT2D eigenvalue weighted by Gasteiger charge is -2.18. The molecule has 0 saturated heterocycles. The predicted molar refractivity (Wildman–Crippen MR) is 58.2 cm³/mol. The zero-order valence-electron chi connectivity index (χ0n) is 8.62. The van der Waals surface area contributed by atoms with Gasteiger partial charge in [0.05, 0.1) is 0 Å². The quantitative estimate of drug-likeness (QED) is 0.832. The third-order valence-corrected chi connectivity index (χ3v) is 2.57. The SMILES string of the molecule is Cc1ccc(Cl)c(CC(C)(O)C(=O)O)c1. The third kappa shape index (κ3) is 2.94. The molecule has 0 aromatic heterocycles. The van der Waals surface area contributed by atoms with Crippen molar-refractivity contribution in [3.8, 4) is 0 Å². The fourth-order valence-electron chi connectivity index (χ4n) is 1.29. The van der Waals surface area contributed by atoms with Crippen LogP contribution in [0, 0.1) is 6.92 Å². The summed E-state index contributed by atoms with van der Waals surface area (Å²) in [6.45, 7) is 3.14. The van der Waals surface area contributed by atoms with E-state index in [1.165, 1.54) is 6.92 Å². The van der Waals surface area contributed by atoms with Gasteiger partial charge in [0.1, 0.15) is 0 Å². The highest BCUT2D eigenvalue weighted by Gasteiger charge is 2.30. The van der Waals surface area contributed by atoms with Gasteiger partial charge >= 0.3 is 5.97 Å². The Labute approximate surface area is 93.3 Å². The summed E-state index contributed by atoms with van der Waals surface area (Å²) in [7, 11) is 0. The monoisotopic (exact) mass is 228 g/mol. The molecule has 0 aliphatic carbocycles. The third-order valence-electron chi connectivity index (χ3n) is 2.20. The smallest absolute Gasteiger partial charge is 0.335 e. The van der Waals surface area contributed by atoms with Crippen LogP contribution in [0.15, 0.2) is 18.2 Å². The molecule has 0 spiro atoms. The molecule has 3 nitrogen and oxygen atoms in total. The van der Waals surface area contributed by atoms with Gasteiger partial charge in [0.15, 0.2) is 5.60 Å². The molecule has 0 aliphatic heterocycles. The van der Waals surface area contributed by atoms with Gasteiger partial charge in [0.25, 0.3) is 0 Å². The molecule has 1 rings (SSSR count). The molecule has 1 aromatic carbocycles. The first-order valence-electron chi connectivity index (χ1n) is 4.54. The summed E-state index contributed by atoms with van der Waals surface area (Å²) in [5.74, 6) is -1.25. The van der Waals surface area contributed by atoms with Crippen molar-refractivity contribution in [1.29, 1.82) is 0 Å². The number of hydrogen-bond acceptors (Lipinski definition) is 2. The van der Waals surface area contributed by atoms with E-state index in [0.717, 1.165) is 5.56 Å². The molecule has 0 amide bonds. The Morgan fingerprint density at radius 2 is 2.13 bits per heavy atom. The number of aliphatic carboxylic acids is 1. The Bertz CT molecular complexity index is 385. The van der Waals surface area contributed by atoms with Crippen LogP contribution in [0.2, 0.25) is 5.02 Å². The molecule has 1 aromatic rings. The predicted octanol–water partition coefficient (Wildman–Crippen LogP) is 2.03. The van der Waals surface area contributed by atoms with Crippen molar-refractivity contribution >= 4 is 17.6 Å². The molecule has 4 heteroatoms. The van der Waals surface area contributed by atoms with Crippen molar-refractivity contribution in [3.05, 3.63) is 34.3 Å². The highest BCUT2D eigenvalue weighted by Crippen LogP contribution is 2.22. The van der Waals surface area contributed by atoms with Gasteiger partial charge in [-0.3, -0.25) is 0 Å². The molecule has 0 fully saturated rings. The van der Waals surface area contributed by atoms with Gasteiger partial charge < -0.3 is 10.2 Å². The first-order valence-corrected chi connectivity index (χ1v) is 4.91. The topological polar surface area (TPSA) is 57.5 Å². The van der Waals surface area contributed by atoms with Gasteiger partial charge in [0.2, 0.25) is 0 Å². The second-order valence-corrected chi connectivity index (χ2v) is 4.26. The largest absolute Gasteiger partial charge is 0.479 e. The Morgan fingerprint density at radius 1 is 1.53 bits per heavy atom. The normalized spacial score (nSPS) is 14.7. The molecule has 0 bridgehead atoms. The van der Waals surface area contributed by atoms with Crippen molar-refractivity contribution in [2.75, 3.05) is 0 Å². The molecule has 0 aliphatic rings. The molecule has 2 N–H and O–H groups in total. The van der Waals surface area contributed by atoms with Crippen LogP contribution in [0.3, 0.4) is 0 Å². The van der Waals surface area contributed by atoms with Crippen molar-refractivity contribution in [2.45, 2.75) is 25.9 Å². The van der Waals surface area contributed by atoms with E-state index in [4.69, 9.17) is 16.7 Å². The van der Waals surface area contributed by atoms with Crippen LogP contribution in [0.1, 0.15) is 18.1 Å². The van der Waals surface area contributed by atoms with Gasteiger partial charge in [-0.1, -0.05) is 29.3 Å². The summed E-state index contributed by atoms with van der Waals surface area (Å²) >= 11 is 5.90. The summed E-state index contributed by atoms with van der Waals surface area (Å²) in [5.41, 5.74) is -0.156. The van der Waals surface area contributed by atoms with Crippen LogP contribution in [0.5, 0.6) is 0 Å². The van der Waals surface area contributed by atoms with Crippen molar-refractivity contribution in [3.63, 3.8) is 0 Å². The Balaban J connectivity index is 2.99. The van der Waals surface area contributed by atoms with Gasteiger partial charge in [-0.2, -0.15) is 0 Å². The van der Waals surface area contributed by atoms with Gasteiger partial charge in [0, 0.05) is 11.4 Å². The average Bonchev–Trinajstić information content (AvgIpc) is 2.10. The maximum absolute atomic E-state index is 10.7.